The first-order chi connectivity index (χ1) is 10.0. The third-order valence-electron chi connectivity index (χ3n) is 3.03. The standard InChI is InChI=1S/C15H19N3O3/c1-4-20-15(19)11-7-8-17-14(13(11)16)18-10(3)12-6-5-9(2)21-12/h5-8,10H,4,16H2,1-3H3,(H,17,18). The minimum Gasteiger partial charge on any atom is -0.464 e. The van der Waals surface area contributed by atoms with Crippen LogP contribution in [-0.2, 0) is 4.74 Å². The average molecular weight is 289 g/mol. The topological polar surface area (TPSA) is 90.4 Å². The second-order valence-corrected chi connectivity index (χ2v) is 4.66. The second-order valence-electron chi connectivity index (χ2n) is 4.66. The Labute approximate surface area is 123 Å². The van der Waals surface area contributed by atoms with Crippen LogP contribution in [0.4, 0.5) is 11.5 Å². The second kappa shape index (κ2) is 6.30. The van der Waals surface area contributed by atoms with Crippen molar-refractivity contribution in [2.75, 3.05) is 17.7 Å². The van der Waals surface area contributed by atoms with Crippen LogP contribution in [0.3, 0.4) is 0 Å². The van der Waals surface area contributed by atoms with Crippen LogP contribution in [0.2, 0.25) is 0 Å². The molecule has 2 aromatic rings. The van der Waals surface area contributed by atoms with Crippen molar-refractivity contribution in [3.63, 3.8) is 0 Å². The van der Waals surface area contributed by atoms with Crippen molar-refractivity contribution < 1.29 is 13.9 Å². The molecule has 2 heterocycles. The number of nitrogens with two attached hydrogens (primary N) is 1. The van der Waals surface area contributed by atoms with E-state index in [2.05, 4.69) is 10.3 Å². The van der Waals surface area contributed by atoms with E-state index in [0.29, 0.717) is 18.0 Å². The molecule has 0 spiro atoms. The van der Waals surface area contributed by atoms with Crippen LogP contribution in [0.5, 0.6) is 0 Å². The molecule has 0 radical (unpaired) electrons. The quantitative estimate of drug-likeness (QED) is 0.822. The predicted molar refractivity (Wildman–Crippen MR) is 80.1 cm³/mol. The van der Waals surface area contributed by atoms with Gasteiger partial charge >= 0.3 is 5.97 Å². The highest BCUT2D eigenvalue weighted by Crippen LogP contribution is 2.26. The summed E-state index contributed by atoms with van der Waals surface area (Å²) in [6.45, 7) is 5.85. The van der Waals surface area contributed by atoms with Gasteiger partial charge in [-0.25, -0.2) is 9.78 Å². The highest BCUT2D eigenvalue weighted by molar-refractivity contribution is 5.97. The molecular weight excluding hydrogens is 270 g/mol. The molecule has 1 atom stereocenters. The lowest BCUT2D eigenvalue weighted by Crippen LogP contribution is -2.13. The Bertz CT molecular complexity index is 637. The van der Waals surface area contributed by atoms with Gasteiger partial charge in [-0.2, -0.15) is 0 Å². The Morgan fingerprint density at radius 3 is 2.86 bits per heavy atom. The third kappa shape index (κ3) is 3.34. The Morgan fingerprint density at radius 2 is 2.24 bits per heavy atom. The number of nitrogen functional groups attached to an aromatic ring is 1. The molecule has 0 aliphatic heterocycles. The van der Waals surface area contributed by atoms with E-state index in [1.54, 1.807) is 13.0 Å². The fourth-order valence-electron chi connectivity index (χ4n) is 1.94. The smallest absolute Gasteiger partial charge is 0.340 e. The van der Waals surface area contributed by atoms with E-state index in [-0.39, 0.29) is 11.7 Å². The average Bonchev–Trinajstić information content (AvgIpc) is 2.88. The molecule has 0 aliphatic rings. The summed E-state index contributed by atoms with van der Waals surface area (Å²) in [6, 6.07) is 5.20. The van der Waals surface area contributed by atoms with Crippen LogP contribution in [0.15, 0.2) is 28.8 Å². The molecule has 2 rings (SSSR count). The van der Waals surface area contributed by atoms with E-state index in [1.807, 2.05) is 26.0 Å². The molecule has 21 heavy (non-hydrogen) atoms. The number of ether oxygens (including phenoxy) is 1. The fraction of sp³-hybridized carbons (Fsp3) is 0.333. The zero-order valence-electron chi connectivity index (χ0n) is 12.3. The number of aryl methyl sites for hydroxylation is 1. The van der Waals surface area contributed by atoms with Gasteiger partial charge in [0.05, 0.1) is 23.9 Å². The summed E-state index contributed by atoms with van der Waals surface area (Å²) >= 11 is 0. The zero-order valence-corrected chi connectivity index (χ0v) is 12.3. The molecular formula is C15H19N3O3. The highest BCUT2D eigenvalue weighted by atomic mass is 16.5. The van der Waals surface area contributed by atoms with Crippen LogP contribution in [0.25, 0.3) is 0 Å². The van der Waals surface area contributed by atoms with E-state index < -0.39 is 5.97 Å². The molecule has 112 valence electrons. The van der Waals surface area contributed by atoms with Crippen molar-refractivity contribution in [2.45, 2.75) is 26.8 Å². The SMILES string of the molecule is CCOC(=O)c1ccnc(NC(C)c2ccc(C)o2)c1N. The molecule has 0 aliphatic carbocycles. The first kappa shape index (κ1) is 14.9. The molecule has 0 saturated heterocycles. The van der Waals surface area contributed by atoms with Gasteiger partial charge < -0.3 is 20.2 Å². The first-order valence-electron chi connectivity index (χ1n) is 6.77. The van der Waals surface area contributed by atoms with Gasteiger partial charge in [0.2, 0.25) is 0 Å². The van der Waals surface area contributed by atoms with Crippen LogP contribution in [0, 0.1) is 6.92 Å². The van der Waals surface area contributed by atoms with Gasteiger partial charge in [0.1, 0.15) is 11.5 Å². The van der Waals surface area contributed by atoms with Gasteiger partial charge in [-0.05, 0) is 39.0 Å². The number of carbonyl (C=O) groups excluding carboxylic acids is 1. The van der Waals surface area contributed by atoms with Crippen LogP contribution in [-0.4, -0.2) is 17.6 Å². The monoisotopic (exact) mass is 289 g/mol. The maximum atomic E-state index is 11.8. The summed E-state index contributed by atoms with van der Waals surface area (Å²) in [5, 5.41) is 3.14. The van der Waals surface area contributed by atoms with Gasteiger partial charge in [-0.1, -0.05) is 0 Å². The predicted octanol–water partition coefficient (Wildman–Crippen LogP) is 2.92. The number of pyridine rings is 1. The number of nitrogens with one attached hydrogen (secondary N) is 1. The number of nitrogens with zero attached hydrogens (tertiary/aromatic N) is 1. The zero-order chi connectivity index (χ0) is 15.4. The molecule has 3 N–H and O–H groups in total. The van der Waals surface area contributed by atoms with E-state index >= 15 is 0 Å². The Morgan fingerprint density at radius 1 is 1.48 bits per heavy atom. The number of aromatic nitrogens is 1. The molecule has 0 bridgehead atoms. The number of hydrogen-bond donors (Lipinski definition) is 2. The fourth-order valence-corrected chi connectivity index (χ4v) is 1.94. The van der Waals surface area contributed by atoms with Crippen LogP contribution >= 0.6 is 0 Å². The summed E-state index contributed by atoms with van der Waals surface area (Å²) in [5.41, 5.74) is 6.56. The van der Waals surface area contributed by atoms with E-state index in [0.717, 1.165) is 11.5 Å². The maximum Gasteiger partial charge on any atom is 0.340 e. The minimum absolute atomic E-state index is 0.119. The molecule has 6 nitrogen and oxygen atoms in total. The summed E-state index contributed by atoms with van der Waals surface area (Å²) < 4.78 is 10.5. The van der Waals surface area contributed by atoms with E-state index in [4.69, 9.17) is 14.9 Å². The lowest BCUT2D eigenvalue weighted by atomic mass is 10.2. The number of rotatable bonds is 5. The van der Waals surface area contributed by atoms with Crippen molar-refractivity contribution in [3.05, 3.63) is 41.5 Å². The van der Waals surface area contributed by atoms with E-state index in [1.165, 1.54) is 6.20 Å². The molecule has 6 heteroatoms. The van der Waals surface area contributed by atoms with Crippen molar-refractivity contribution in [3.8, 4) is 0 Å². The summed E-state index contributed by atoms with van der Waals surface area (Å²) in [6.07, 6.45) is 1.52. The van der Waals surface area contributed by atoms with E-state index in [9.17, 15) is 4.79 Å². The summed E-state index contributed by atoms with van der Waals surface area (Å²) in [4.78, 5) is 16.0. The Balaban J connectivity index is 2.20. The van der Waals surface area contributed by atoms with Gasteiger partial charge in [0.25, 0.3) is 0 Å². The summed E-state index contributed by atoms with van der Waals surface area (Å²) in [5.74, 6) is 1.58. The molecule has 2 aromatic heterocycles. The number of carbonyl (C=O) groups is 1. The van der Waals surface area contributed by atoms with Crippen molar-refractivity contribution in [1.29, 1.82) is 0 Å². The minimum atomic E-state index is -0.457. The maximum absolute atomic E-state index is 11.8. The number of anilines is 2. The number of hydrogen-bond acceptors (Lipinski definition) is 6. The lowest BCUT2D eigenvalue weighted by Gasteiger charge is -2.15. The summed E-state index contributed by atoms with van der Waals surface area (Å²) in [7, 11) is 0. The van der Waals surface area contributed by atoms with Crippen molar-refractivity contribution >= 4 is 17.5 Å². The van der Waals surface area contributed by atoms with Crippen LogP contribution < -0.4 is 11.1 Å². The molecule has 1 unspecified atom stereocenters. The van der Waals surface area contributed by atoms with Crippen molar-refractivity contribution in [2.24, 2.45) is 0 Å². The highest BCUT2D eigenvalue weighted by Gasteiger charge is 2.17. The normalized spacial score (nSPS) is 12.0. The number of furan rings is 1. The number of esters is 1. The Kier molecular flexibility index (Phi) is 4.47. The van der Waals surface area contributed by atoms with Gasteiger partial charge in [0.15, 0.2) is 5.82 Å². The molecule has 0 fully saturated rings. The third-order valence-corrected chi connectivity index (χ3v) is 3.03. The lowest BCUT2D eigenvalue weighted by molar-refractivity contribution is 0.0527. The molecule has 0 aromatic carbocycles. The molecule has 0 saturated carbocycles. The Hall–Kier alpha value is -2.50. The van der Waals surface area contributed by atoms with Gasteiger partial charge in [-0.3, -0.25) is 0 Å². The first-order valence-corrected chi connectivity index (χ1v) is 6.77. The van der Waals surface area contributed by atoms with Crippen LogP contribution in [0.1, 0.15) is 41.8 Å². The molecule has 0 amide bonds. The van der Waals surface area contributed by atoms with Crippen molar-refractivity contribution in [1.82, 2.24) is 4.98 Å². The largest absolute Gasteiger partial charge is 0.464 e. The van der Waals surface area contributed by atoms with Gasteiger partial charge in [0, 0.05) is 6.20 Å². The van der Waals surface area contributed by atoms with Gasteiger partial charge in [-0.15, -0.1) is 0 Å².